The van der Waals surface area contributed by atoms with Crippen molar-refractivity contribution in [1.82, 2.24) is 4.98 Å². The van der Waals surface area contributed by atoms with Crippen molar-refractivity contribution in [2.45, 2.75) is 6.54 Å². The molecule has 2 heterocycles. The fraction of sp³-hybridized carbons (Fsp3) is 0.0588. The van der Waals surface area contributed by atoms with Gasteiger partial charge in [0.05, 0.1) is 12.8 Å². The molecule has 0 saturated heterocycles. The minimum Gasteiger partial charge on any atom is -0.467 e. The van der Waals surface area contributed by atoms with Gasteiger partial charge in [0.15, 0.2) is 0 Å². The standard InChI is InChI=1S/C17H13F2N3O2/c18-13-4-1-5-14(19)16(13)22-17(23)15-9-11(6-7-20-15)21-10-12-3-2-8-24-12/h1-9H,10H2,(H,20,21)(H,22,23). The summed E-state index contributed by atoms with van der Waals surface area (Å²) in [6.45, 7) is 0.431. The monoisotopic (exact) mass is 329 g/mol. The van der Waals surface area contributed by atoms with E-state index >= 15 is 0 Å². The Bertz CT molecular complexity index is 831. The smallest absolute Gasteiger partial charge is 0.274 e. The average molecular weight is 329 g/mol. The molecule has 24 heavy (non-hydrogen) atoms. The van der Waals surface area contributed by atoms with Gasteiger partial charge >= 0.3 is 0 Å². The Morgan fingerprint density at radius 2 is 1.92 bits per heavy atom. The van der Waals surface area contributed by atoms with E-state index in [-0.39, 0.29) is 5.69 Å². The number of nitrogens with one attached hydrogen (secondary N) is 2. The van der Waals surface area contributed by atoms with Gasteiger partial charge in [-0.2, -0.15) is 0 Å². The van der Waals surface area contributed by atoms with Crippen LogP contribution in [0.25, 0.3) is 0 Å². The van der Waals surface area contributed by atoms with Crippen molar-refractivity contribution in [3.8, 4) is 0 Å². The quantitative estimate of drug-likeness (QED) is 0.747. The fourth-order valence-corrected chi connectivity index (χ4v) is 2.06. The second-order valence-corrected chi connectivity index (χ2v) is 4.91. The number of benzene rings is 1. The first-order chi connectivity index (χ1) is 11.6. The molecule has 122 valence electrons. The fourth-order valence-electron chi connectivity index (χ4n) is 2.06. The van der Waals surface area contributed by atoms with Crippen LogP contribution in [0.2, 0.25) is 0 Å². The van der Waals surface area contributed by atoms with Gasteiger partial charge in [-0.25, -0.2) is 8.78 Å². The van der Waals surface area contributed by atoms with E-state index < -0.39 is 23.2 Å². The Balaban J connectivity index is 1.72. The topological polar surface area (TPSA) is 67.2 Å². The lowest BCUT2D eigenvalue weighted by Gasteiger charge is -2.09. The zero-order valence-electron chi connectivity index (χ0n) is 12.4. The van der Waals surface area contributed by atoms with E-state index in [1.807, 2.05) is 6.07 Å². The molecule has 0 fully saturated rings. The summed E-state index contributed by atoms with van der Waals surface area (Å²) in [6.07, 6.45) is 2.99. The van der Waals surface area contributed by atoms with Crippen LogP contribution in [-0.4, -0.2) is 10.9 Å². The molecule has 0 atom stereocenters. The van der Waals surface area contributed by atoms with E-state index in [0.29, 0.717) is 12.2 Å². The predicted octanol–water partition coefficient (Wildman–Crippen LogP) is 3.82. The molecule has 0 aliphatic carbocycles. The Hall–Kier alpha value is -3.22. The number of amides is 1. The number of pyridine rings is 1. The van der Waals surface area contributed by atoms with Crippen LogP contribution in [0.4, 0.5) is 20.2 Å². The van der Waals surface area contributed by atoms with Gasteiger partial charge < -0.3 is 15.1 Å². The highest BCUT2D eigenvalue weighted by Gasteiger charge is 2.14. The highest BCUT2D eigenvalue weighted by Crippen LogP contribution is 2.19. The van der Waals surface area contributed by atoms with Crippen molar-refractivity contribution < 1.29 is 18.0 Å². The first-order valence-electron chi connectivity index (χ1n) is 7.11. The molecule has 7 heteroatoms. The van der Waals surface area contributed by atoms with E-state index in [9.17, 15) is 13.6 Å². The van der Waals surface area contributed by atoms with Gasteiger partial charge in [-0.1, -0.05) is 6.07 Å². The summed E-state index contributed by atoms with van der Waals surface area (Å²) < 4.78 is 32.4. The molecule has 0 aliphatic heterocycles. The Kier molecular flexibility index (Phi) is 4.51. The third-order valence-corrected chi connectivity index (χ3v) is 3.24. The number of halogens is 2. The molecule has 0 saturated carbocycles. The van der Waals surface area contributed by atoms with E-state index in [2.05, 4.69) is 15.6 Å². The van der Waals surface area contributed by atoms with Gasteiger partial charge in [-0.15, -0.1) is 0 Å². The van der Waals surface area contributed by atoms with Crippen LogP contribution in [0.1, 0.15) is 16.2 Å². The Morgan fingerprint density at radius 3 is 2.62 bits per heavy atom. The molecule has 0 unspecified atom stereocenters. The van der Waals surface area contributed by atoms with Gasteiger partial charge in [-0.3, -0.25) is 9.78 Å². The lowest BCUT2D eigenvalue weighted by Crippen LogP contribution is -2.16. The van der Waals surface area contributed by atoms with E-state index in [0.717, 1.165) is 17.9 Å². The number of hydrogen-bond donors (Lipinski definition) is 2. The molecule has 1 aromatic carbocycles. The van der Waals surface area contributed by atoms with E-state index in [1.54, 1.807) is 18.4 Å². The molecular formula is C17H13F2N3O2. The summed E-state index contributed by atoms with van der Waals surface area (Å²) in [5.74, 6) is -1.68. The number of carbonyl (C=O) groups is 1. The predicted molar refractivity (Wildman–Crippen MR) is 84.6 cm³/mol. The zero-order chi connectivity index (χ0) is 16.9. The normalized spacial score (nSPS) is 10.4. The maximum Gasteiger partial charge on any atom is 0.274 e. The molecule has 0 bridgehead atoms. The maximum atomic E-state index is 13.6. The van der Waals surface area contributed by atoms with Crippen molar-refractivity contribution in [2.24, 2.45) is 0 Å². The second kappa shape index (κ2) is 6.91. The van der Waals surface area contributed by atoms with Crippen LogP contribution in [0.3, 0.4) is 0 Å². The molecule has 0 aliphatic rings. The number of nitrogens with zero attached hydrogens (tertiary/aromatic N) is 1. The van der Waals surface area contributed by atoms with Crippen molar-refractivity contribution >= 4 is 17.3 Å². The molecule has 0 radical (unpaired) electrons. The van der Waals surface area contributed by atoms with Crippen molar-refractivity contribution in [3.63, 3.8) is 0 Å². The zero-order valence-corrected chi connectivity index (χ0v) is 12.4. The highest BCUT2D eigenvalue weighted by atomic mass is 19.1. The summed E-state index contributed by atoms with van der Waals surface area (Å²) in [5.41, 5.74) is 0.154. The van der Waals surface area contributed by atoms with Gasteiger partial charge in [0.2, 0.25) is 0 Å². The van der Waals surface area contributed by atoms with Crippen LogP contribution in [-0.2, 0) is 6.54 Å². The Morgan fingerprint density at radius 1 is 1.12 bits per heavy atom. The molecule has 2 aromatic heterocycles. The minimum absolute atomic E-state index is 0.0297. The second-order valence-electron chi connectivity index (χ2n) is 4.91. The molecular weight excluding hydrogens is 316 g/mol. The highest BCUT2D eigenvalue weighted by molar-refractivity contribution is 6.03. The van der Waals surface area contributed by atoms with E-state index in [4.69, 9.17) is 4.42 Å². The van der Waals surface area contributed by atoms with Crippen LogP contribution in [0.15, 0.2) is 59.3 Å². The van der Waals surface area contributed by atoms with Crippen molar-refractivity contribution in [3.05, 3.63) is 78.0 Å². The van der Waals surface area contributed by atoms with Gasteiger partial charge in [0.25, 0.3) is 5.91 Å². The largest absolute Gasteiger partial charge is 0.467 e. The molecule has 5 nitrogen and oxygen atoms in total. The van der Waals surface area contributed by atoms with Gasteiger partial charge in [0, 0.05) is 11.9 Å². The number of hydrogen-bond acceptors (Lipinski definition) is 4. The molecule has 1 amide bonds. The van der Waals surface area contributed by atoms with Gasteiger partial charge in [-0.05, 0) is 36.4 Å². The first-order valence-corrected chi connectivity index (χ1v) is 7.11. The average Bonchev–Trinajstić information content (AvgIpc) is 3.10. The third kappa shape index (κ3) is 3.57. The SMILES string of the molecule is O=C(Nc1c(F)cccc1F)c1cc(NCc2ccco2)ccn1. The molecule has 3 rings (SSSR count). The minimum atomic E-state index is -0.851. The number of para-hydroxylation sites is 1. The molecule has 0 spiro atoms. The number of furan rings is 1. The number of aromatic nitrogens is 1. The lowest BCUT2D eigenvalue weighted by molar-refractivity contribution is 0.102. The van der Waals surface area contributed by atoms with Crippen LogP contribution >= 0.6 is 0 Å². The third-order valence-electron chi connectivity index (χ3n) is 3.24. The summed E-state index contributed by atoms with van der Waals surface area (Å²) in [4.78, 5) is 16.1. The summed E-state index contributed by atoms with van der Waals surface area (Å²) in [5, 5.41) is 5.26. The van der Waals surface area contributed by atoms with Crippen molar-refractivity contribution in [2.75, 3.05) is 10.6 Å². The summed E-state index contributed by atoms with van der Waals surface area (Å²) >= 11 is 0. The number of carbonyl (C=O) groups excluding carboxylic acids is 1. The van der Waals surface area contributed by atoms with Crippen molar-refractivity contribution in [1.29, 1.82) is 0 Å². The summed E-state index contributed by atoms with van der Waals surface area (Å²) in [7, 11) is 0. The summed E-state index contributed by atoms with van der Waals surface area (Å²) in [6, 6.07) is 10.1. The van der Waals surface area contributed by atoms with Crippen LogP contribution in [0, 0.1) is 11.6 Å². The maximum absolute atomic E-state index is 13.6. The molecule has 3 aromatic rings. The van der Waals surface area contributed by atoms with Crippen LogP contribution in [0.5, 0.6) is 0 Å². The van der Waals surface area contributed by atoms with Gasteiger partial charge in [0.1, 0.15) is 28.8 Å². The first kappa shape index (κ1) is 15.7. The lowest BCUT2D eigenvalue weighted by atomic mass is 10.2. The van der Waals surface area contributed by atoms with Crippen LogP contribution < -0.4 is 10.6 Å². The molecule has 2 N–H and O–H groups in total. The van der Waals surface area contributed by atoms with E-state index in [1.165, 1.54) is 18.3 Å². The Labute approximate surface area is 136 Å². The number of anilines is 2. The number of rotatable bonds is 5.